The van der Waals surface area contributed by atoms with E-state index in [4.69, 9.17) is 42.9 Å². The first-order valence-electron chi connectivity index (χ1n) is 17.0. The number of hydrogen-bond donors (Lipinski definition) is 6. The molecule has 0 radical (unpaired) electrons. The van der Waals surface area contributed by atoms with Crippen LogP contribution in [0.15, 0.2) is 48.5 Å². The first-order valence-corrected chi connectivity index (χ1v) is 17.8. The fraction of sp³-hybridized carbons (Fsp3) is 0.300. The van der Waals surface area contributed by atoms with Gasteiger partial charge in [0, 0.05) is 37.3 Å². The van der Waals surface area contributed by atoms with Gasteiger partial charge in [-0.2, -0.15) is 0 Å². The number of nitrogens with one attached hydrogen (secondary N) is 2. The predicted molar refractivity (Wildman–Crippen MR) is 211 cm³/mol. The topological polar surface area (TPSA) is 183 Å². The molecule has 2 aromatic carbocycles. The van der Waals surface area contributed by atoms with Crippen molar-refractivity contribution in [2.45, 2.75) is 52.0 Å². The molecule has 0 aliphatic rings. The summed E-state index contributed by atoms with van der Waals surface area (Å²) < 4.78 is 11.0. The molecule has 4 aromatic rings. The fourth-order valence-corrected chi connectivity index (χ4v) is 6.24. The SMILES string of the molecule is COc1nc(/C=C/c2cccc(-c3cccc(/C=C/c4nc(OC)c(CNCC(O)CC(=O)O)cc4Cl)c3C)c2C)c(Cl)cc1CNCC(O)CC(=O)O. The van der Waals surface area contributed by atoms with Crippen molar-refractivity contribution in [2.24, 2.45) is 0 Å². The molecule has 0 fully saturated rings. The highest BCUT2D eigenvalue weighted by Crippen LogP contribution is 2.33. The first-order chi connectivity index (χ1) is 25.8. The molecule has 6 N–H and O–H groups in total. The van der Waals surface area contributed by atoms with E-state index in [1.807, 2.05) is 48.6 Å². The van der Waals surface area contributed by atoms with Gasteiger partial charge in [-0.3, -0.25) is 9.59 Å². The minimum atomic E-state index is -1.08. The van der Waals surface area contributed by atoms with E-state index >= 15 is 0 Å². The Bertz CT molecular complexity index is 1880. The number of benzene rings is 2. The van der Waals surface area contributed by atoms with Gasteiger partial charge in [0.1, 0.15) is 0 Å². The van der Waals surface area contributed by atoms with E-state index in [0.717, 1.165) is 33.4 Å². The Labute approximate surface area is 324 Å². The van der Waals surface area contributed by atoms with Gasteiger partial charge in [0.05, 0.1) is 60.7 Å². The Morgan fingerprint density at radius 3 is 1.44 bits per heavy atom. The number of ether oxygens (including phenoxy) is 2. The summed E-state index contributed by atoms with van der Waals surface area (Å²) in [4.78, 5) is 30.8. The highest BCUT2D eigenvalue weighted by atomic mass is 35.5. The number of aliphatic carboxylic acids is 2. The largest absolute Gasteiger partial charge is 0.481 e. The first kappa shape index (κ1) is 41.9. The number of hydrogen-bond acceptors (Lipinski definition) is 10. The quantitative estimate of drug-likeness (QED) is 0.0628. The molecular formula is C40H44Cl2N4O8. The standard InChI is InChI=1S/C40H44Cl2N4O8/c1-23-25(11-13-35-33(41)15-27(39(45-35)53-3)19-43-21-29(47)17-37(49)50)7-5-9-31(23)32-10-6-8-26(24(32)2)12-14-36-34(42)16-28(40(46-36)54-4)20-44-22-30(48)18-38(51)52/h5-16,29-30,43-44,47-48H,17-22H2,1-4H3,(H,49,50)(H,51,52)/b13-11+,14-12+. The Morgan fingerprint density at radius 1 is 0.704 bits per heavy atom. The Balaban J connectivity index is 1.52. The second kappa shape index (κ2) is 20.0. The molecule has 0 amide bonds. The lowest BCUT2D eigenvalue weighted by Crippen LogP contribution is -2.28. The van der Waals surface area contributed by atoms with Crippen LogP contribution in [-0.4, -0.2) is 81.8 Å². The zero-order valence-corrected chi connectivity index (χ0v) is 31.9. The van der Waals surface area contributed by atoms with E-state index in [2.05, 4.69) is 46.6 Å². The monoisotopic (exact) mass is 778 g/mol. The van der Waals surface area contributed by atoms with Gasteiger partial charge in [0.25, 0.3) is 0 Å². The second-order valence-electron chi connectivity index (χ2n) is 12.5. The van der Waals surface area contributed by atoms with Crippen molar-refractivity contribution in [3.05, 3.63) is 103 Å². The molecule has 54 heavy (non-hydrogen) atoms. The number of carbonyl (C=O) groups is 2. The summed E-state index contributed by atoms with van der Waals surface area (Å²) in [5.41, 5.74) is 8.50. The molecule has 0 bridgehead atoms. The van der Waals surface area contributed by atoms with Crippen molar-refractivity contribution in [3.63, 3.8) is 0 Å². The number of aliphatic hydroxyl groups excluding tert-OH is 2. The van der Waals surface area contributed by atoms with E-state index in [9.17, 15) is 19.8 Å². The van der Waals surface area contributed by atoms with Gasteiger partial charge >= 0.3 is 11.9 Å². The van der Waals surface area contributed by atoms with E-state index in [1.54, 1.807) is 12.1 Å². The second-order valence-corrected chi connectivity index (χ2v) is 13.3. The van der Waals surface area contributed by atoms with Crippen LogP contribution in [0.4, 0.5) is 0 Å². The minimum Gasteiger partial charge on any atom is -0.481 e. The summed E-state index contributed by atoms with van der Waals surface area (Å²) in [5.74, 6) is -1.43. The van der Waals surface area contributed by atoms with E-state index in [1.165, 1.54) is 14.2 Å². The fourth-order valence-electron chi connectivity index (χ4n) is 5.77. The van der Waals surface area contributed by atoms with Crippen LogP contribution < -0.4 is 20.1 Å². The van der Waals surface area contributed by atoms with Crippen LogP contribution in [0.5, 0.6) is 11.8 Å². The Kier molecular flexibility index (Phi) is 15.5. The zero-order chi connectivity index (χ0) is 39.4. The minimum absolute atomic E-state index is 0.0875. The molecule has 14 heteroatoms. The van der Waals surface area contributed by atoms with E-state index in [0.29, 0.717) is 44.3 Å². The summed E-state index contributed by atoms with van der Waals surface area (Å²) in [5, 5.41) is 44.2. The van der Waals surface area contributed by atoms with Gasteiger partial charge in [-0.15, -0.1) is 0 Å². The van der Waals surface area contributed by atoms with Gasteiger partial charge in [-0.25, -0.2) is 9.97 Å². The zero-order valence-electron chi connectivity index (χ0n) is 30.4. The molecule has 2 heterocycles. The molecule has 2 unspecified atom stereocenters. The van der Waals surface area contributed by atoms with Crippen molar-refractivity contribution in [3.8, 4) is 22.9 Å². The number of methoxy groups -OCH3 is 2. The van der Waals surface area contributed by atoms with Gasteiger partial charge < -0.3 is 40.5 Å². The van der Waals surface area contributed by atoms with Crippen LogP contribution in [0.25, 0.3) is 35.4 Å². The van der Waals surface area contributed by atoms with Crippen LogP contribution in [0.1, 0.15) is 57.6 Å². The van der Waals surface area contributed by atoms with Gasteiger partial charge in [0.15, 0.2) is 0 Å². The molecule has 2 aromatic heterocycles. The van der Waals surface area contributed by atoms with Gasteiger partial charge in [-0.1, -0.05) is 71.8 Å². The molecule has 0 aliphatic heterocycles. The lowest BCUT2D eigenvalue weighted by atomic mass is 9.91. The number of nitrogens with zero attached hydrogens (tertiary/aromatic N) is 2. The summed E-state index contributed by atoms with van der Waals surface area (Å²) >= 11 is 13.2. The number of carboxylic acids is 2. The maximum Gasteiger partial charge on any atom is 0.306 e. The normalized spacial score (nSPS) is 12.7. The Morgan fingerprint density at radius 2 is 1.09 bits per heavy atom. The maximum atomic E-state index is 10.8. The third kappa shape index (κ3) is 11.6. The molecule has 12 nitrogen and oxygen atoms in total. The Hall–Kier alpha value is -4.82. The highest BCUT2D eigenvalue weighted by molar-refractivity contribution is 6.32. The summed E-state index contributed by atoms with van der Waals surface area (Å²) in [7, 11) is 3.01. The van der Waals surface area contributed by atoms with Crippen LogP contribution in [-0.2, 0) is 22.7 Å². The number of carboxylic acid groups (broad SMARTS) is 2. The van der Waals surface area contributed by atoms with Crippen molar-refractivity contribution in [2.75, 3.05) is 27.3 Å². The van der Waals surface area contributed by atoms with Crippen molar-refractivity contribution in [1.29, 1.82) is 0 Å². The summed E-state index contributed by atoms with van der Waals surface area (Å²) in [6.45, 7) is 4.84. The predicted octanol–water partition coefficient (Wildman–Crippen LogP) is 6.28. The lowest BCUT2D eigenvalue weighted by Gasteiger charge is -2.14. The average molecular weight is 780 g/mol. The third-order valence-electron chi connectivity index (χ3n) is 8.57. The van der Waals surface area contributed by atoms with Gasteiger partial charge in [0.2, 0.25) is 11.8 Å². The number of pyridine rings is 2. The molecule has 0 spiro atoms. The molecule has 0 saturated carbocycles. The molecule has 0 saturated heterocycles. The number of aromatic nitrogens is 2. The summed E-state index contributed by atoms with van der Waals surface area (Å²) in [6, 6.07) is 15.6. The van der Waals surface area contributed by atoms with Crippen LogP contribution in [0.3, 0.4) is 0 Å². The van der Waals surface area contributed by atoms with E-state index < -0.39 is 24.1 Å². The molecule has 4 rings (SSSR count). The number of rotatable bonds is 19. The molecule has 0 aliphatic carbocycles. The number of halogens is 2. The third-order valence-corrected chi connectivity index (χ3v) is 9.17. The maximum absolute atomic E-state index is 10.8. The van der Waals surface area contributed by atoms with E-state index in [-0.39, 0.29) is 39.0 Å². The van der Waals surface area contributed by atoms with Crippen LogP contribution in [0.2, 0.25) is 10.0 Å². The average Bonchev–Trinajstić information content (AvgIpc) is 3.11. The molecule has 286 valence electrons. The summed E-state index contributed by atoms with van der Waals surface area (Å²) in [6.07, 6.45) is 4.78. The van der Waals surface area contributed by atoms with Crippen LogP contribution >= 0.6 is 23.2 Å². The molecular weight excluding hydrogens is 735 g/mol. The van der Waals surface area contributed by atoms with Crippen molar-refractivity contribution < 1.29 is 39.5 Å². The molecule has 2 atom stereocenters. The van der Waals surface area contributed by atoms with Gasteiger partial charge in [-0.05, 0) is 71.5 Å². The van der Waals surface area contributed by atoms with Crippen LogP contribution in [0, 0.1) is 13.8 Å². The van der Waals surface area contributed by atoms with Crippen molar-refractivity contribution in [1.82, 2.24) is 20.6 Å². The smallest absolute Gasteiger partial charge is 0.306 e. The number of aliphatic hydroxyl groups is 2. The van der Waals surface area contributed by atoms with Crippen molar-refractivity contribution >= 4 is 59.4 Å². The lowest BCUT2D eigenvalue weighted by molar-refractivity contribution is -0.140. The highest BCUT2D eigenvalue weighted by Gasteiger charge is 2.15.